The number of hydrazone groups is 1. The van der Waals surface area contributed by atoms with Crippen molar-refractivity contribution in [3.8, 4) is 17.2 Å². The summed E-state index contributed by atoms with van der Waals surface area (Å²) in [6, 6.07) is 11.0. The second-order valence-corrected chi connectivity index (χ2v) is 5.93. The number of amides is 1. The molecule has 0 aliphatic heterocycles. The molecule has 0 bridgehead atoms. The van der Waals surface area contributed by atoms with Gasteiger partial charge in [-0.3, -0.25) is 4.79 Å². The second kappa shape index (κ2) is 9.08. The number of nitrogens with zero attached hydrogens (tertiary/aromatic N) is 1. The number of para-hydroxylation sites is 1. The van der Waals surface area contributed by atoms with Gasteiger partial charge < -0.3 is 14.2 Å². The molecule has 132 valence electrons. The van der Waals surface area contributed by atoms with Gasteiger partial charge in [0, 0.05) is 11.6 Å². The summed E-state index contributed by atoms with van der Waals surface area (Å²) in [5, 5.41) is 3.94. The van der Waals surface area contributed by atoms with Gasteiger partial charge in [-0.15, -0.1) is 0 Å². The van der Waals surface area contributed by atoms with Crippen LogP contribution in [0.15, 0.2) is 46.0 Å². The van der Waals surface area contributed by atoms with E-state index >= 15 is 0 Å². The summed E-state index contributed by atoms with van der Waals surface area (Å²) >= 11 is 3.40. The number of hydrogen-bond donors (Lipinski definition) is 1. The summed E-state index contributed by atoms with van der Waals surface area (Å²) in [7, 11) is 3.12. The predicted molar refractivity (Wildman–Crippen MR) is 99.7 cm³/mol. The third-order valence-electron chi connectivity index (χ3n) is 3.35. The smallest absolute Gasteiger partial charge is 0.277 e. The zero-order valence-electron chi connectivity index (χ0n) is 14.2. The highest BCUT2D eigenvalue weighted by atomic mass is 79.9. The molecule has 0 spiro atoms. The number of nitrogens with one attached hydrogen (secondary N) is 1. The Bertz CT molecular complexity index is 778. The molecule has 1 N–H and O–H groups in total. The van der Waals surface area contributed by atoms with Crippen LogP contribution in [-0.4, -0.2) is 32.9 Å². The zero-order valence-corrected chi connectivity index (χ0v) is 15.8. The van der Waals surface area contributed by atoms with Gasteiger partial charge in [-0.05, 0) is 40.5 Å². The fraction of sp³-hybridized carbons (Fsp3) is 0.222. The van der Waals surface area contributed by atoms with Crippen LogP contribution in [0.25, 0.3) is 0 Å². The van der Waals surface area contributed by atoms with Crippen molar-refractivity contribution in [1.29, 1.82) is 0 Å². The number of ether oxygens (including phenoxy) is 3. The molecule has 6 nitrogen and oxygen atoms in total. The summed E-state index contributed by atoms with van der Waals surface area (Å²) in [5.74, 6) is 1.53. The Morgan fingerprint density at radius 2 is 1.88 bits per heavy atom. The van der Waals surface area contributed by atoms with Crippen LogP contribution in [0.1, 0.15) is 11.1 Å². The maximum absolute atomic E-state index is 11.8. The number of rotatable bonds is 7. The lowest BCUT2D eigenvalue weighted by molar-refractivity contribution is -0.123. The maximum Gasteiger partial charge on any atom is 0.277 e. The summed E-state index contributed by atoms with van der Waals surface area (Å²) in [6.07, 6.45) is 1.49. The Morgan fingerprint density at radius 3 is 2.56 bits per heavy atom. The SMILES string of the molecule is COc1cc(OC)c(C=NNC(=O)COc2ccccc2C)cc1Br. The molecule has 0 aliphatic rings. The van der Waals surface area contributed by atoms with Crippen molar-refractivity contribution in [2.45, 2.75) is 6.92 Å². The van der Waals surface area contributed by atoms with Crippen molar-refractivity contribution < 1.29 is 19.0 Å². The van der Waals surface area contributed by atoms with Crippen molar-refractivity contribution in [1.82, 2.24) is 5.43 Å². The van der Waals surface area contributed by atoms with Gasteiger partial charge in [0.1, 0.15) is 17.2 Å². The molecule has 0 aromatic heterocycles. The molecule has 25 heavy (non-hydrogen) atoms. The first kappa shape index (κ1) is 18.8. The first-order valence-corrected chi connectivity index (χ1v) is 8.26. The predicted octanol–water partition coefficient (Wildman–Crippen LogP) is 3.30. The van der Waals surface area contributed by atoms with E-state index in [9.17, 15) is 4.79 Å². The van der Waals surface area contributed by atoms with Crippen molar-refractivity contribution in [2.24, 2.45) is 5.10 Å². The van der Waals surface area contributed by atoms with Crippen LogP contribution in [-0.2, 0) is 4.79 Å². The lowest BCUT2D eigenvalue weighted by atomic mass is 10.2. The van der Waals surface area contributed by atoms with Crippen LogP contribution < -0.4 is 19.6 Å². The van der Waals surface area contributed by atoms with Gasteiger partial charge in [-0.1, -0.05) is 18.2 Å². The van der Waals surface area contributed by atoms with Gasteiger partial charge in [0.2, 0.25) is 0 Å². The minimum atomic E-state index is -0.356. The Labute approximate surface area is 154 Å². The zero-order chi connectivity index (χ0) is 18.2. The molecule has 0 aliphatic carbocycles. The molecule has 0 heterocycles. The summed E-state index contributed by atoms with van der Waals surface area (Å²) in [5.41, 5.74) is 4.08. The molecule has 7 heteroatoms. The average molecular weight is 407 g/mol. The third kappa shape index (κ3) is 5.22. The monoisotopic (exact) mass is 406 g/mol. The van der Waals surface area contributed by atoms with Crippen LogP contribution in [0.2, 0.25) is 0 Å². The third-order valence-corrected chi connectivity index (χ3v) is 3.97. The number of aryl methyl sites for hydroxylation is 1. The van der Waals surface area contributed by atoms with Gasteiger partial charge in [0.05, 0.1) is 24.9 Å². The van der Waals surface area contributed by atoms with E-state index < -0.39 is 0 Å². The fourth-order valence-electron chi connectivity index (χ4n) is 2.05. The summed E-state index contributed by atoms with van der Waals surface area (Å²) < 4.78 is 16.7. The van der Waals surface area contributed by atoms with Crippen molar-refractivity contribution in [3.05, 3.63) is 52.0 Å². The highest BCUT2D eigenvalue weighted by Gasteiger charge is 2.08. The van der Waals surface area contributed by atoms with E-state index in [-0.39, 0.29) is 12.5 Å². The van der Waals surface area contributed by atoms with E-state index in [4.69, 9.17) is 14.2 Å². The molecule has 0 radical (unpaired) electrons. The van der Waals surface area contributed by atoms with Crippen molar-refractivity contribution in [2.75, 3.05) is 20.8 Å². The molecule has 0 atom stereocenters. The Kier molecular flexibility index (Phi) is 6.82. The molecule has 0 fully saturated rings. The highest BCUT2D eigenvalue weighted by molar-refractivity contribution is 9.10. The van der Waals surface area contributed by atoms with E-state index in [1.807, 2.05) is 31.2 Å². The van der Waals surface area contributed by atoms with Crippen LogP contribution in [0, 0.1) is 6.92 Å². The van der Waals surface area contributed by atoms with Crippen LogP contribution in [0.4, 0.5) is 0 Å². The lowest BCUT2D eigenvalue weighted by Gasteiger charge is -2.09. The van der Waals surface area contributed by atoms with Crippen LogP contribution in [0.5, 0.6) is 17.2 Å². The summed E-state index contributed by atoms with van der Waals surface area (Å²) in [4.78, 5) is 11.8. The number of carbonyl (C=O) groups excluding carboxylic acids is 1. The topological polar surface area (TPSA) is 69.2 Å². The number of hydrogen-bond acceptors (Lipinski definition) is 5. The standard InChI is InChI=1S/C18H19BrN2O4/c1-12-6-4-5-7-15(12)25-11-18(22)21-20-10-13-8-14(19)17(24-3)9-16(13)23-2/h4-10H,11H2,1-3H3,(H,21,22). The molecular formula is C18H19BrN2O4. The number of methoxy groups -OCH3 is 2. The first-order chi connectivity index (χ1) is 12.0. The van der Waals surface area contributed by atoms with E-state index in [1.54, 1.807) is 26.4 Å². The van der Waals surface area contributed by atoms with Crippen molar-refractivity contribution >= 4 is 28.1 Å². The van der Waals surface area contributed by atoms with Gasteiger partial charge in [-0.25, -0.2) is 5.43 Å². The minimum Gasteiger partial charge on any atom is -0.496 e. The van der Waals surface area contributed by atoms with E-state index in [0.29, 0.717) is 22.8 Å². The number of carbonyl (C=O) groups is 1. The van der Waals surface area contributed by atoms with Gasteiger partial charge in [0.15, 0.2) is 6.61 Å². The molecule has 0 saturated carbocycles. The van der Waals surface area contributed by atoms with E-state index in [1.165, 1.54) is 6.21 Å². The number of benzene rings is 2. The second-order valence-electron chi connectivity index (χ2n) is 5.08. The quantitative estimate of drug-likeness (QED) is 0.565. The molecule has 2 aromatic rings. The van der Waals surface area contributed by atoms with Crippen LogP contribution in [0.3, 0.4) is 0 Å². The molecule has 2 aromatic carbocycles. The van der Waals surface area contributed by atoms with Gasteiger partial charge in [0.25, 0.3) is 5.91 Å². The molecular weight excluding hydrogens is 388 g/mol. The van der Waals surface area contributed by atoms with E-state index in [0.717, 1.165) is 10.0 Å². The highest BCUT2D eigenvalue weighted by Crippen LogP contribution is 2.31. The molecule has 2 rings (SSSR count). The maximum atomic E-state index is 11.8. The summed E-state index contributed by atoms with van der Waals surface area (Å²) in [6.45, 7) is 1.80. The van der Waals surface area contributed by atoms with Crippen LogP contribution >= 0.6 is 15.9 Å². The minimum absolute atomic E-state index is 0.119. The lowest BCUT2D eigenvalue weighted by Crippen LogP contribution is -2.24. The van der Waals surface area contributed by atoms with Gasteiger partial charge >= 0.3 is 0 Å². The average Bonchev–Trinajstić information content (AvgIpc) is 2.61. The van der Waals surface area contributed by atoms with Gasteiger partial charge in [-0.2, -0.15) is 5.10 Å². The Hall–Kier alpha value is -2.54. The Balaban J connectivity index is 1.95. The van der Waals surface area contributed by atoms with Crippen molar-refractivity contribution in [3.63, 3.8) is 0 Å². The molecule has 0 unspecified atom stereocenters. The Morgan fingerprint density at radius 1 is 1.16 bits per heavy atom. The largest absolute Gasteiger partial charge is 0.496 e. The van der Waals surface area contributed by atoms with E-state index in [2.05, 4.69) is 26.5 Å². The first-order valence-electron chi connectivity index (χ1n) is 7.47. The molecule has 0 saturated heterocycles. The normalized spacial score (nSPS) is 10.6. The molecule has 1 amide bonds. The number of halogens is 1. The fourth-order valence-corrected chi connectivity index (χ4v) is 2.57.